The van der Waals surface area contributed by atoms with Crippen molar-refractivity contribution in [1.82, 2.24) is 19.7 Å². The predicted octanol–water partition coefficient (Wildman–Crippen LogP) is 5.07. The molecule has 0 atom stereocenters. The first-order chi connectivity index (χ1) is 14.8. The van der Waals surface area contributed by atoms with Crippen molar-refractivity contribution in [2.24, 2.45) is 0 Å². The minimum absolute atomic E-state index is 0.488. The number of aryl methyl sites for hydroxylation is 1. The number of nitrogens with one attached hydrogen (secondary N) is 2. The van der Waals surface area contributed by atoms with Crippen LogP contribution in [-0.4, -0.2) is 19.7 Å². The van der Waals surface area contributed by atoms with Gasteiger partial charge in [-0.05, 0) is 42.8 Å². The Bertz CT molecular complexity index is 1280. The summed E-state index contributed by atoms with van der Waals surface area (Å²) < 4.78 is 7.23. The minimum atomic E-state index is 0.488. The Morgan fingerprint density at radius 2 is 1.77 bits per heavy atom. The predicted molar refractivity (Wildman–Crippen MR) is 117 cm³/mol. The summed E-state index contributed by atoms with van der Waals surface area (Å²) in [4.78, 5) is 9.45. The van der Waals surface area contributed by atoms with Crippen LogP contribution in [0.1, 0.15) is 11.3 Å². The van der Waals surface area contributed by atoms with Crippen LogP contribution >= 0.6 is 0 Å². The number of aromatic nitrogens is 4. The number of nitrogens with zero attached hydrogens (tertiary/aromatic N) is 4. The normalized spacial score (nSPS) is 11.0. The molecule has 0 fully saturated rings. The molecule has 30 heavy (non-hydrogen) atoms. The fraction of sp³-hybridized carbons (Fsp3) is 0.0870. The molecule has 0 unspecified atom stereocenters. The standard InChI is InChI=1S/C23H20N6O/c1-16-8-5-6-12-20(16)26-21-19-15-25-29(17-9-3-2-4-10-17)22(19)28-23(27-21)24-14-18-11-7-13-30-18/h2-13,15H,14H2,1H3,(H2,24,26,27,28). The molecule has 0 aliphatic rings. The van der Waals surface area contributed by atoms with Gasteiger partial charge in [-0.15, -0.1) is 0 Å². The van der Waals surface area contributed by atoms with Gasteiger partial charge >= 0.3 is 0 Å². The molecule has 3 heterocycles. The number of hydrogen-bond acceptors (Lipinski definition) is 6. The zero-order valence-electron chi connectivity index (χ0n) is 16.4. The largest absolute Gasteiger partial charge is 0.467 e. The van der Waals surface area contributed by atoms with E-state index in [0.717, 1.165) is 28.1 Å². The lowest BCUT2D eigenvalue weighted by Crippen LogP contribution is -2.07. The van der Waals surface area contributed by atoms with Crippen LogP contribution in [0.4, 0.5) is 17.5 Å². The molecule has 0 saturated heterocycles. The molecule has 5 aromatic rings. The van der Waals surface area contributed by atoms with Crippen LogP contribution in [0.15, 0.2) is 83.6 Å². The monoisotopic (exact) mass is 396 g/mol. The molecule has 0 bridgehead atoms. The lowest BCUT2D eigenvalue weighted by Gasteiger charge is -2.12. The quantitative estimate of drug-likeness (QED) is 0.417. The summed E-state index contributed by atoms with van der Waals surface area (Å²) in [7, 11) is 0. The number of para-hydroxylation sites is 2. The molecular weight excluding hydrogens is 376 g/mol. The number of furan rings is 1. The lowest BCUT2D eigenvalue weighted by molar-refractivity contribution is 0.517. The second-order valence-corrected chi connectivity index (χ2v) is 6.90. The summed E-state index contributed by atoms with van der Waals surface area (Å²) in [6.07, 6.45) is 3.44. The highest BCUT2D eigenvalue weighted by atomic mass is 16.3. The molecule has 0 aliphatic heterocycles. The summed E-state index contributed by atoms with van der Waals surface area (Å²) in [5.74, 6) is 2.00. The Morgan fingerprint density at radius 1 is 0.933 bits per heavy atom. The SMILES string of the molecule is Cc1ccccc1Nc1nc(NCc2ccco2)nc2c1cnn2-c1ccccc1. The smallest absolute Gasteiger partial charge is 0.227 e. The Labute approximate surface area is 173 Å². The fourth-order valence-corrected chi connectivity index (χ4v) is 3.26. The third-order valence-electron chi connectivity index (χ3n) is 4.83. The molecule has 0 spiro atoms. The molecular formula is C23H20N6O. The van der Waals surface area contributed by atoms with E-state index in [9.17, 15) is 0 Å². The van der Waals surface area contributed by atoms with Crippen LogP contribution in [0.3, 0.4) is 0 Å². The van der Waals surface area contributed by atoms with E-state index in [4.69, 9.17) is 14.4 Å². The number of hydrogen-bond donors (Lipinski definition) is 2. The van der Waals surface area contributed by atoms with Crippen LogP contribution < -0.4 is 10.6 Å². The molecule has 2 N–H and O–H groups in total. The number of anilines is 3. The third-order valence-corrected chi connectivity index (χ3v) is 4.83. The summed E-state index contributed by atoms with van der Waals surface area (Å²) in [5.41, 5.74) is 3.77. The van der Waals surface area contributed by atoms with Crippen molar-refractivity contribution in [2.75, 3.05) is 10.6 Å². The Balaban J connectivity index is 1.59. The number of fused-ring (bicyclic) bond motifs is 1. The minimum Gasteiger partial charge on any atom is -0.467 e. The van der Waals surface area contributed by atoms with Gasteiger partial charge in [-0.3, -0.25) is 0 Å². The third kappa shape index (κ3) is 3.48. The zero-order valence-corrected chi connectivity index (χ0v) is 16.4. The molecule has 7 heteroatoms. The van der Waals surface area contributed by atoms with Gasteiger partial charge in [-0.25, -0.2) is 4.68 Å². The van der Waals surface area contributed by atoms with Crippen molar-refractivity contribution >= 4 is 28.5 Å². The number of benzene rings is 2. The molecule has 148 valence electrons. The van der Waals surface area contributed by atoms with Crippen LogP contribution in [0.2, 0.25) is 0 Å². The highest BCUT2D eigenvalue weighted by Crippen LogP contribution is 2.28. The van der Waals surface area contributed by atoms with E-state index in [1.807, 2.05) is 65.3 Å². The van der Waals surface area contributed by atoms with Gasteiger partial charge in [0.05, 0.1) is 30.1 Å². The molecule has 3 aromatic heterocycles. The van der Waals surface area contributed by atoms with E-state index < -0.39 is 0 Å². The maximum atomic E-state index is 5.41. The topological polar surface area (TPSA) is 80.8 Å². The van der Waals surface area contributed by atoms with Crippen LogP contribution in [0.5, 0.6) is 0 Å². The molecule has 0 aliphatic carbocycles. The van der Waals surface area contributed by atoms with E-state index in [1.54, 1.807) is 12.5 Å². The number of rotatable bonds is 6. The first kappa shape index (κ1) is 17.9. The molecule has 0 radical (unpaired) electrons. The van der Waals surface area contributed by atoms with Crippen molar-refractivity contribution in [1.29, 1.82) is 0 Å². The van der Waals surface area contributed by atoms with E-state index in [-0.39, 0.29) is 0 Å². The van der Waals surface area contributed by atoms with Gasteiger partial charge in [0.25, 0.3) is 0 Å². The van der Waals surface area contributed by atoms with Crippen molar-refractivity contribution in [3.8, 4) is 5.69 Å². The van der Waals surface area contributed by atoms with Gasteiger partial charge in [0.15, 0.2) is 5.65 Å². The van der Waals surface area contributed by atoms with Crippen LogP contribution in [-0.2, 0) is 6.54 Å². The van der Waals surface area contributed by atoms with Gasteiger partial charge in [0, 0.05) is 5.69 Å². The van der Waals surface area contributed by atoms with Crippen molar-refractivity contribution in [2.45, 2.75) is 13.5 Å². The van der Waals surface area contributed by atoms with E-state index in [2.05, 4.69) is 28.7 Å². The van der Waals surface area contributed by atoms with Gasteiger partial charge in [-0.1, -0.05) is 36.4 Å². The average molecular weight is 396 g/mol. The summed E-state index contributed by atoms with van der Waals surface area (Å²) in [5, 5.41) is 12.1. The average Bonchev–Trinajstić information content (AvgIpc) is 3.44. The molecule has 2 aromatic carbocycles. The molecule has 0 saturated carbocycles. The molecule has 0 amide bonds. The second kappa shape index (κ2) is 7.71. The first-order valence-corrected chi connectivity index (χ1v) is 9.68. The summed E-state index contributed by atoms with van der Waals surface area (Å²) in [6.45, 7) is 2.55. The van der Waals surface area contributed by atoms with Crippen molar-refractivity contribution in [3.63, 3.8) is 0 Å². The highest BCUT2D eigenvalue weighted by Gasteiger charge is 2.15. The van der Waals surface area contributed by atoms with Crippen LogP contribution in [0, 0.1) is 6.92 Å². The molecule has 7 nitrogen and oxygen atoms in total. The van der Waals surface area contributed by atoms with Crippen molar-refractivity contribution < 1.29 is 4.42 Å². The van der Waals surface area contributed by atoms with Gasteiger partial charge in [0.2, 0.25) is 5.95 Å². The fourth-order valence-electron chi connectivity index (χ4n) is 3.26. The van der Waals surface area contributed by atoms with Gasteiger partial charge in [-0.2, -0.15) is 15.1 Å². The summed E-state index contributed by atoms with van der Waals surface area (Å²) >= 11 is 0. The van der Waals surface area contributed by atoms with Crippen LogP contribution in [0.25, 0.3) is 16.7 Å². The second-order valence-electron chi connectivity index (χ2n) is 6.90. The summed E-state index contributed by atoms with van der Waals surface area (Å²) in [6, 6.07) is 21.8. The zero-order chi connectivity index (χ0) is 20.3. The highest BCUT2D eigenvalue weighted by molar-refractivity contribution is 5.90. The first-order valence-electron chi connectivity index (χ1n) is 9.68. The Morgan fingerprint density at radius 3 is 2.57 bits per heavy atom. The lowest BCUT2D eigenvalue weighted by atomic mass is 10.2. The van der Waals surface area contributed by atoms with E-state index in [1.165, 1.54) is 0 Å². The Kier molecular flexibility index (Phi) is 4.61. The van der Waals surface area contributed by atoms with Gasteiger partial charge in [0.1, 0.15) is 11.6 Å². The van der Waals surface area contributed by atoms with Crippen molar-refractivity contribution in [3.05, 3.63) is 90.5 Å². The van der Waals surface area contributed by atoms with Gasteiger partial charge < -0.3 is 15.1 Å². The van der Waals surface area contributed by atoms with E-state index >= 15 is 0 Å². The maximum absolute atomic E-state index is 5.41. The Hall–Kier alpha value is -4.13. The molecule has 5 rings (SSSR count). The van der Waals surface area contributed by atoms with E-state index in [0.29, 0.717) is 24.0 Å². The maximum Gasteiger partial charge on any atom is 0.227 e.